The van der Waals surface area contributed by atoms with Crippen LogP contribution in [0.15, 0.2) is 66.9 Å². The Morgan fingerprint density at radius 1 is 1.02 bits per heavy atom. The van der Waals surface area contributed by atoms with Gasteiger partial charge >= 0.3 is 6.18 Å². The van der Waals surface area contributed by atoms with Crippen molar-refractivity contribution < 1.29 is 33.0 Å². The summed E-state index contributed by atoms with van der Waals surface area (Å²) in [4.78, 5) is 31.6. The molecule has 0 spiro atoms. The van der Waals surface area contributed by atoms with E-state index in [2.05, 4.69) is 20.5 Å². The minimum atomic E-state index is -4.56. The molecule has 0 bridgehead atoms. The number of nitrogens with zero attached hydrogens (tertiary/aromatic N) is 2. The van der Waals surface area contributed by atoms with Crippen molar-refractivity contribution in [3.8, 4) is 11.1 Å². The monoisotopic (exact) mass is 596 g/mol. The zero-order chi connectivity index (χ0) is 30.6. The number of hydrogen-bond donors (Lipinski definition) is 4. The molecule has 1 saturated heterocycles. The molecular formula is C32H35F3N4O4. The first-order chi connectivity index (χ1) is 20.6. The number of nitrogens with one attached hydrogen (secondary N) is 2. The number of carbonyl (C=O) groups excluding carboxylic acids is 2. The Hall–Kier alpha value is -3.80. The van der Waals surface area contributed by atoms with Gasteiger partial charge in [0.2, 0.25) is 5.91 Å². The average Bonchev–Trinajstić information content (AvgIpc) is 3.48. The van der Waals surface area contributed by atoms with Crippen LogP contribution in [0.2, 0.25) is 0 Å². The molecule has 228 valence electrons. The molecule has 3 aromatic rings. The molecule has 5 rings (SSSR count). The van der Waals surface area contributed by atoms with Crippen LogP contribution >= 0.6 is 0 Å². The molecule has 2 amide bonds. The first-order valence-electron chi connectivity index (χ1n) is 14.4. The van der Waals surface area contributed by atoms with Crippen molar-refractivity contribution in [2.45, 2.75) is 62.6 Å². The van der Waals surface area contributed by atoms with Crippen LogP contribution in [0.25, 0.3) is 11.1 Å². The van der Waals surface area contributed by atoms with Gasteiger partial charge in [-0.3, -0.25) is 19.5 Å². The Morgan fingerprint density at radius 3 is 2.49 bits per heavy atom. The Bertz CT molecular complexity index is 1440. The summed E-state index contributed by atoms with van der Waals surface area (Å²) in [6, 6.07) is 15.6. The van der Waals surface area contributed by atoms with Crippen molar-refractivity contribution in [1.29, 1.82) is 0 Å². The van der Waals surface area contributed by atoms with Gasteiger partial charge in [0.25, 0.3) is 5.91 Å². The van der Waals surface area contributed by atoms with Crippen LogP contribution in [0.3, 0.4) is 0 Å². The first-order valence-corrected chi connectivity index (χ1v) is 14.4. The predicted octanol–water partition coefficient (Wildman–Crippen LogP) is 4.01. The highest BCUT2D eigenvalue weighted by atomic mass is 19.4. The molecule has 2 aliphatic rings. The number of alkyl halides is 3. The Kier molecular flexibility index (Phi) is 9.14. The molecule has 2 heterocycles. The Morgan fingerprint density at radius 2 is 1.79 bits per heavy atom. The molecule has 8 nitrogen and oxygen atoms in total. The van der Waals surface area contributed by atoms with Crippen molar-refractivity contribution in [3.63, 3.8) is 0 Å². The number of amides is 2. The first kappa shape index (κ1) is 30.7. The van der Waals surface area contributed by atoms with Crippen molar-refractivity contribution in [1.82, 2.24) is 20.5 Å². The maximum absolute atomic E-state index is 12.9. The molecule has 1 aromatic heterocycles. The van der Waals surface area contributed by atoms with E-state index in [0.717, 1.165) is 60.7 Å². The number of aliphatic hydroxyl groups is 2. The topological polar surface area (TPSA) is 115 Å². The zero-order valence-electron chi connectivity index (χ0n) is 23.6. The third-order valence-electron chi connectivity index (χ3n) is 8.48. The van der Waals surface area contributed by atoms with Gasteiger partial charge in [0.1, 0.15) is 5.60 Å². The van der Waals surface area contributed by atoms with Gasteiger partial charge < -0.3 is 20.8 Å². The van der Waals surface area contributed by atoms with Gasteiger partial charge in [-0.05, 0) is 67.5 Å². The number of carbonyl (C=O) groups is 2. The van der Waals surface area contributed by atoms with Gasteiger partial charge in [-0.2, -0.15) is 13.2 Å². The number of benzene rings is 2. The lowest BCUT2D eigenvalue weighted by Crippen LogP contribution is -2.45. The molecule has 1 aliphatic heterocycles. The summed E-state index contributed by atoms with van der Waals surface area (Å²) in [7, 11) is 0. The molecule has 2 aromatic carbocycles. The third kappa shape index (κ3) is 7.23. The fourth-order valence-electron chi connectivity index (χ4n) is 6.08. The number of rotatable bonds is 8. The maximum Gasteiger partial charge on any atom is 0.416 e. The van der Waals surface area contributed by atoms with E-state index in [9.17, 15) is 33.0 Å². The second-order valence-corrected chi connectivity index (χ2v) is 11.3. The van der Waals surface area contributed by atoms with Gasteiger partial charge in [-0.25, -0.2) is 0 Å². The number of aliphatic hydroxyl groups excluding tert-OH is 1. The molecule has 4 N–H and O–H groups in total. The van der Waals surface area contributed by atoms with Crippen molar-refractivity contribution in [3.05, 3.63) is 89.2 Å². The molecule has 1 saturated carbocycles. The van der Waals surface area contributed by atoms with Crippen molar-refractivity contribution in [2.75, 3.05) is 19.6 Å². The molecule has 43 heavy (non-hydrogen) atoms. The summed E-state index contributed by atoms with van der Waals surface area (Å²) in [5.74, 6) is -1.15. The minimum Gasteiger partial charge on any atom is -0.392 e. The highest BCUT2D eigenvalue weighted by Gasteiger charge is 2.39. The molecule has 0 radical (unpaired) electrons. The fraction of sp³-hybridized carbons (Fsp3) is 0.406. The molecular weight excluding hydrogens is 561 g/mol. The molecule has 2 fully saturated rings. The minimum absolute atomic E-state index is 0.0653. The van der Waals surface area contributed by atoms with Crippen LogP contribution < -0.4 is 10.6 Å². The largest absolute Gasteiger partial charge is 0.416 e. The number of hydrogen-bond acceptors (Lipinski definition) is 6. The van der Waals surface area contributed by atoms with Crippen molar-refractivity contribution >= 4 is 11.8 Å². The quantitative estimate of drug-likeness (QED) is 0.313. The van der Waals surface area contributed by atoms with Crippen molar-refractivity contribution in [2.24, 2.45) is 0 Å². The van der Waals surface area contributed by atoms with E-state index in [1.54, 1.807) is 6.20 Å². The summed E-state index contributed by atoms with van der Waals surface area (Å²) < 4.78 is 38.8. The molecule has 11 heteroatoms. The summed E-state index contributed by atoms with van der Waals surface area (Å²) >= 11 is 0. The van der Waals surface area contributed by atoms with Gasteiger partial charge in [0, 0.05) is 42.5 Å². The van der Waals surface area contributed by atoms with Crippen LogP contribution in [0, 0.1) is 0 Å². The van der Waals surface area contributed by atoms with Crippen LogP contribution in [0.1, 0.15) is 59.3 Å². The summed E-state index contributed by atoms with van der Waals surface area (Å²) in [5, 5.41) is 26.3. The van der Waals surface area contributed by atoms with Crippen LogP contribution in [-0.2, 0) is 23.2 Å². The highest BCUT2D eigenvalue weighted by Crippen LogP contribution is 2.39. The smallest absolute Gasteiger partial charge is 0.392 e. The van der Waals surface area contributed by atoms with Crippen LogP contribution in [0.4, 0.5) is 13.2 Å². The number of aromatic nitrogens is 1. The summed E-state index contributed by atoms with van der Waals surface area (Å²) in [6.07, 6.45) is 0.604. The molecule has 0 unspecified atom stereocenters. The predicted molar refractivity (Wildman–Crippen MR) is 154 cm³/mol. The SMILES string of the molecule is O=C(CNC(=O)c1cccc(C(F)(F)F)c1)N[C@@H]1CCN(C2CCC(O)(c3ccc(-c4ccccc4CO)cn3)CC2)C1. The zero-order valence-corrected chi connectivity index (χ0v) is 23.6. The van der Waals surface area contributed by atoms with Gasteiger partial charge in [0.05, 0.1) is 24.4 Å². The van der Waals surface area contributed by atoms with E-state index >= 15 is 0 Å². The lowest BCUT2D eigenvalue weighted by atomic mass is 9.79. The normalized spacial score (nSPS) is 22.7. The van der Waals surface area contributed by atoms with E-state index in [1.807, 2.05) is 36.4 Å². The number of likely N-dealkylation sites (tertiary alicyclic amines) is 1. The molecule has 1 aliphatic carbocycles. The van der Waals surface area contributed by atoms with E-state index < -0.39 is 29.2 Å². The summed E-state index contributed by atoms with van der Waals surface area (Å²) in [5.41, 5.74) is 1.14. The highest BCUT2D eigenvalue weighted by molar-refractivity contribution is 5.96. The number of pyridine rings is 1. The lowest BCUT2D eigenvalue weighted by molar-refractivity contribution is -0.137. The van der Waals surface area contributed by atoms with Gasteiger partial charge in [0.15, 0.2) is 0 Å². The van der Waals surface area contributed by atoms with E-state index in [1.165, 1.54) is 6.07 Å². The van der Waals surface area contributed by atoms with E-state index in [-0.39, 0.29) is 30.8 Å². The second-order valence-electron chi connectivity index (χ2n) is 11.3. The van der Waals surface area contributed by atoms with Gasteiger partial charge in [-0.15, -0.1) is 0 Å². The number of halogens is 3. The molecule has 1 atom stereocenters. The second kappa shape index (κ2) is 12.8. The fourth-order valence-corrected chi connectivity index (χ4v) is 6.08. The lowest BCUT2D eigenvalue weighted by Gasteiger charge is -2.39. The summed E-state index contributed by atoms with van der Waals surface area (Å²) in [6.45, 7) is 1.04. The van der Waals surface area contributed by atoms with Crippen LogP contribution in [-0.4, -0.2) is 63.6 Å². The Balaban J connectivity index is 1.08. The van der Waals surface area contributed by atoms with Crippen LogP contribution in [0.5, 0.6) is 0 Å². The van der Waals surface area contributed by atoms with Gasteiger partial charge in [-0.1, -0.05) is 36.4 Å². The average molecular weight is 597 g/mol. The standard InChI is InChI=1S/C32H35F3N4O4/c33-32(34,35)24-6-3-5-21(16-24)30(42)37-18-29(41)38-25-12-15-39(19-25)26-10-13-31(43,14-11-26)28-9-8-22(17-36-28)27-7-2-1-4-23(27)20-40/h1-9,16-17,25-26,40,43H,10-15,18-20H2,(H,37,42)(H,38,41)/t25-,26?,31?/m1/s1. The van der Waals surface area contributed by atoms with E-state index in [4.69, 9.17) is 0 Å². The Labute approximate surface area is 247 Å². The van der Waals surface area contributed by atoms with E-state index in [0.29, 0.717) is 25.1 Å². The third-order valence-corrected chi connectivity index (χ3v) is 8.48. The maximum atomic E-state index is 12.9.